The molecule has 7 heteroatoms. The summed E-state index contributed by atoms with van der Waals surface area (Å²) in [6.07, 6.45) is -0.951. The molecule has 1 saturated heterocycles. The SMILES string of the molecule is Cc1ccc2c(C(=O)N3CCC(C(F)(F)F)CC3)cnn2c1. The molecule has 0 radical (unpaired) electrons. The molecule has 0 aromatic carbocycles. The highest BCUT2D eigenvalue weighted by Crippen LogP contribution is 2.34. The fraction of sp³-hybridized carbons (Fsp3) is 0.467. The van der Waals surface area contributed by atoms with Gasteiger partial charge in [-0.2, -0.15) is 18.3 Å². The lowest BCUT2D eigenvalue weighted by Crippen LogP contribution is -2.42. The molecule has 2 aromatic rings. The third-order valence-electron chi connectivity index (χ3n) is 4.14. The number of likely N-dealkylation sites (tertiary alicyclic amines) is 1. The van der Waals surface area contributed by atoms with Crippen LogP contribution in [0, 0.1) is 12.8 Å². The van der Waals surface area contributed by atoms with Gasteiger partial charge in [0.1, 0.15) is 0 Å². The molecule has 0 atom stereocenters. The first-order valence-electron chi connectivity index (χ1n) is 7.16. The number of amides is 1. The van der Waals surface area contributed by atoms with Crippen LogP contribution in [-0.2, 0) is 0 Å². The fourth-order valence-corrected chi connectivity index (χ4v) is 2.83. The van der Waals surface area contributed by atoms with E-state index >= 15 is 0 Å². The molecule has 3 rings (SSSR count). The summed E-state index contributed by atoms with van der Waals surface area (Å²) in [5.41, 5.74) is 2.12. The monoisotopic (exact) mass is 311 g/mol. The van der Waals surface area contributed by atoms with Crippen LogP contribution in [0.4, 0.5) is 13.2 Å². The maximum atomic E-state index is 12.7. The summed E-state index contributed by atoms with van der Waals surface area (Å²) in [6, 6.07) is 3.68. The van der Waals surface area contributed by atoms with Gasteiger partial charge in [0.2, 0.25) is 0 Å². The molecular formula is C15H16F3N3O. The smallest absolute Gasteiger partial charge is 0.339 e. The molecule has 0 aliphatic carbocycles. The lowest BCUT2D eigenvalue weighted by molar-refractivity contribution is -0.183. The van der Waals surface area contributed by atoms with Crippen LogP contribution < -0.4 is 0 Å². The van der Waals surface area contributed by atoms with Crippen LogP contribution in [0.25, 0.3) is 5.52 Å². The first-order chi connectivity index (χ1) is 10.4. The molecule has 0 bridgehead atoms. The molecule has 0 unspecified atom stereocenters. The number of aromatic nitrogens is 2. The van der Waals surface area contributed by atoms with Crippen molar-refractivity contribution in [3.8, 4) is 0 Å². The summed E-state index contributed by atoms with van der Waals surface area (Å²) in [5, 5.41) is 4.14. The van der Waals surface area contributed by atoms with Crippen molar-refractivity contribution in [3.05, 3.63) is 35.7 Å². The van der Waals surface area contributed by atoms with Crippen molar-refractivity contribution in [3.63, 3.8) is 0 Å². The standard InChI is InChI=1S/C15H16F3N3O/c1-10-2-3-13-12(8-19-21(13)9-10)14(22)20-6-4-11(5-7-20)15(16,17)18/h2-3,8-9,11H,4-7H2,1H3. The van der Waals surface area contributed by atoms with E-state index in [0.717, 1.165) is 5.56 Å². The first kappa shape index (κ1) is 14.9. The second-order valence-corrected chi connectivity index (χ2v) is 5.70. The van der Waals surface area contributed by atoms with Crippen molar-refractivity contribution in [1.29, 1.82) is 0 Å². The summed E-state index contributed by atoms with van der Waals surface area (Å²) in [4.78, 5) is 14.0. The predicted octanol–water partition coefficient (Wildman–Crippen LogP) is 3.06. The molecule has 118 valence electrons. The molecule has 1 aliphatic rings. The van der Waals surface area contributed by atoms with Gasteiger partial charge in [-0.1, -0.05) is 6.07 Å². The van der Waals surface area contributed by atoms with Gasteiger partial charge in [-0.05, 0) is 31.4 Å². The van der Waals surface area contributed by atoms with Crippen LogP contribution in [0.5, 0.6) is 0 Å². The number of hydrogen-bond acceptors (Lipinski definition) is 2. The van der Waals surface area contributed by atoms with Crippen LogP contribution in [0.2, 0.25) is 0 Å². The molecule has 0 N–H and O–H groups in total. The van der Waals surface area contributed by atoms with Gasteiger partial charge in [0.15, 0.2) is 0 Å². The third-order valence-corrected chi connectivity index (χ3v) is 4.14. The number of aryl methyl sites for hydroxylation is 1. The van der Waals surface area contributed by atoms with Crippen LogP contribution in [0.1, 0.15) is 28.8 Å². The van der Waals surface area contributed by atoms with Crippen LogP contribution in [0.15, 0.2) is 24.5 Å². The Morgan fingerprint density at radius 1 is 1.27 bits per heavy atom. The molecular weight excluding hydrogens is 295 g/mol. The Hall–Kier alpha value is -2.05. The number of hydrogen-bond donors (Lipinski definition) is 0. The summed E-state index contributed by atoms with van der Waals surface area (Å²) in [6.45, 7) is 2.18. The Bertz CT molecular complexity index is 700. The molecule has 22 heavy (non-hydrogen) atoms. The van der Waals surface area contributed by atoms with Crippen LogP contribution in [-0.4, -0.2) is 39.7 Å². The second kappa shape index (κ2) is 5.30. The summed E-state index contributed by atoms with van der Waals surface area (Å²) in [5.74, 6) is -1.55. The number of halogens is 3. The highest BCUT2D eigenvalue weighted by atomic mass is 19.4. The van der Waals surface area contributed by atoms with Gasteiger partial charge < -0.3 is 4.90 Å². The van der Waals surface area contributed by atoms with Crippen LogP contribution >= 0.6 is 0 Å². The number of nitrogens with zero attached hydrogens (tertiary/aromatic N) is 3. The lowest BCUT2D eigenvalue weighted by atomic mass is 9.96. The van der Waals surface area contributed by atoms with Crippen LogP contribution in [0.3, 0.4) is 0 Å². The Balaban J connectivity index is 1.77. The zero-order chi connectivity index (χ0) is 15.9. The summed E-state index contributed by atoms with van der Waals surface area (Å²) < 4.78 is 39.6. The average molecular weight is 311 g/mol. The van der Waals surface area contributed by atoms with E-state index in [1.54, 1.807) is 10.6 Å². The number of carbonyl (C=O) groups excluding carboxylic acids is 1. The van der Waals surface area contributed by atoms with Gasteiger partial charge in [-0.3, -0.25) is 4.79 Å². The minimum atomic E-state index is -4.17. The number of pyridine rings is 1. The Morgan fingerprint density at radius 2 is 1.95 bits per heavy atom. The van der Waals surface area contributed by atoms with Gasteiger partial charge in [0.05, 0.1) is 23.2 Å². The van der Waals surface area contributed by atoms with E-state index in [2.05, 4.69) is 5.10 Å². The normalized spacial score (nSPS) is 17.2. The number of carbonyl (C=O) groups is 1. The Labute approximate surface area is 125 Å². The Kier molecular flexibility index (Phi) is 3.58. The molecule has 0 saturated carbocycles. The molecule has 1 amide bonds. The highest BCUT2D eigenvalue weighted by Gasteiger charge is 2.41. The van der Waals surface area contributed by atoms with E-state index in [-0.39, 0.29) is 31.8 Å². The molecule has 1 fully saturated rings. The van der Waals surface area contributed by atoms with Crippen molar-refractivity contribution in [2.75, 3.05) is 13.1 Å². The number of piperidine rings is 1. The van der Waals surface area contributed by atoms with Crippen molar-refractivity contribution >= 4 is 11.4 Å². The van der Waals surface area contributed by atoms with Gasteiger partial charge in [0, 0.05) is 19.3 Å². The highest BCUT2D eigenvalue weighted by molar-refractivity contribution is 6.00. The molecule has 2 aromatic heterocycles. The van der Waals surface area contributed by atoms with Crippen molar-refractivity contribution in [2.24, 2.45) is 5.92 Å². The topological polar surface area (TPSA) is 37.6 Å². The van der Waals surface area contributed by atoms with E-state index in [4.69, 9.17) is 0 Å². The van der Waals surface area contributed by atoms with Crippen molar-refractivity contribution < 1.29 is 18.0 Å². The zero-order valence-corrected chi connectivity index (χ0v) is 12.1. The van der Waals surface area contributed by atoms with Crippen molar-refractivity contribution in [2.45, 2.75) is 25.9 Å². The van der Waals surface area contributed by atoms with Gasteiger partial charge in [-0.25, -0.2) is 4.52 Å². The zero-order valence-electron chi connectivity index (χ0n) is 12.1. The maximum absolute atomic E-state index is 12.7. The molecule has 4 nitrogen and oxygen atoms in total. The minimum Gasteiger partial charge on any atom is -0.339 e. The van der Waals surface area contributed by atoms with E-state index in [0.29, 0.717) is 11.1 Å². The van der Waals surface area contributed by atoms with E-state index in [1.807, 2.05) is 19.2 Å². The number of rotatable bonds is 1. The van der Waals surface area contributed by atoms with Crippen molar-refractivity contribution in [1.82, 2.24) is 14.5 Å². The minimum absolute atomic E-state index is 0.0342. The first-order valence-corrected chi connectivity index (χ1v) is 7.16. The van der Waals surface area contributed by atoms with E-state index in [9.17, 15) is 18.0 Å². The molecule has 1 aliphatic heterocycles. The summed E-state index contributed by atoms with van der Waals surface area (Å²) >= 11 is 0. The molecule has 0 spiro atoms. The third kappa shape index (κ3) is 2.67. The van der Waals surface area contributed by atoms with E-state index in [1.165, 1.54) is 11.1 Å². The Morgan fingerprint density at radius 3 is 2.59 bits per heavy atom. The average Bonchev–Trinajstić information content (AvgIpc) is 2.88. The predicted molar refractivity (Wildman–Crippen MR) is 74.6 cm³/mol. The van der Waals surface area contributed by atoms with Gasteiger partial charge in [-0.15, -0.1) is 0 Å². The number of alkyl halides is 3. The second-order valence-electron chi connectivity index (χ2n) is 5.70. The molecule has 3 heterocycles. The lowest BCUT2D eigenvalue weighted by Gasteiger charge is -2.32. The number of fused-ring (bicyclic) bond motifs is 1. The maximum Gasteiger partial charge on any atom is 0.391 e. The van der Waals surface area contributed by atoms with Gasteiger partial charge >= 0.3 is 6.18 Å². The summed E-state index contributed by atoms with van der Waals surface area (Å²) in [7, 11) is 0. The fourth-order valence-electron chi connectivity index (χ4n) is 2.83. The largest absolute Gasteiger partial charge is 0.391 e. The van der Waals surface area contributed by atoms with E-state index < -0.39 is 12.1 Å². The van der Waals surface area contributed by atoms with Gasteiger partial charge in [0.25, 0.3) is 5.91 Å². The quantitative estimate of drug-likeness (QED) is 0.812.